The average Bonchev–Trinajstić information content (AvgIpc) is 2.93. The Hall–Kier alpha value is -2.18. The molecule has 6 nitrogen and oxygen atoms in total. The van der Waals surface area contributed by atoms with E-state index in [-0.39, 0.29) is 12.0 Å². The van der Waals surface area contributed by atoms with Gasteiger partial charge in [-0.25, -0.2) is 0 Å². The zero-order valence-corrected chi connectivity index (χ0v) is 14.9. The summed E-state index contributed by atoms with van der Waals surface area (Å²) in [5.41, 5.74) is 3.81. The number of ether oxygens (including phenoxy) is 1. The Morgan fingerprint density at radius 1 is 1.36 bits per heavy atom. The van der Waals surface area contributed by atoms with Crippen molar-refractivity contribution in [3.05, 3.63) is 47.3 Å². The molecule has 6 heteroatoms. The molecule has 1 aliphatic heterocycles. The predicted molar refractivity (Wildman–Crippen MR) is 97.6 cm³/mol. The lowest BCUT2D eigenvalue weighted by molar-refractivity contribution is -0.119. The number of amides is 1. The van der Waals surface area contributed by atoms with Crippen LogP contribution in [-0.4, -0.2) is 53.3 Å². The number of aryl methyl sites for hydroxylation is 3. The first-order chi connectivity index (χ1) is 12.1. The van der Waals surface area contributed by atoms with E-state index in [1.807, 2.05) is 19.9 Å². The summed E-state index contributed by atoms with van der Waals surface area (Å²) in [6.45, 7) is 6.44. The van der Waals surface area contributed by atoms with Crippen LogP contribution >= 0.6 is 0 Å². The number of carbonyl (C=O) groups is 1. The molecule has 0 spiro atoms. The fourth-order valence-electron chi connectivity index (χ4n) is 3.19. The number of carbonyl (C=O) groups excluding carboxylic acids is 1. The summed E-state index contributed by atoms with van der Waals surface area (Å²) in [7, 11) is 0. The fraction of sp³-hybridized carbons (Fsp3) is 0.474. The van der Waals surface area contributed by atoms with E-state index in [4.69, 9.17) is 4.74 Å². The quantitative estimate of drug-likeness (QED) is 0.845. The predicted octanol–water partition coefficient (Wildman–Crippen LogP) is 2.30. The lowest BCUT2D eigenvalue weighted by Crippen LogP contribution is -2.45. The van der Waals surface area contributed by atoms with Crippen molar-refractivity contribution in [1.29, 1.82) is 0 Å². The monoisotopic (exact) mass is 342 g/mol. The Balaban J connectivity index is 1.47. The molecule has 1 fully saturated rings. The third-order valence-electron chi connectivity index (χ3n) is 4.58. The number of anilines is 1. The molecular formula is C19H26N4O2. The highest BCUT2D eigenvalue weighted by Gasteiger charge is 2.22. The highest BCUT2D eigenvalue weighted by Crippen LogP contribution is 2.16. The van der Waals surface area contributed by atoms with E-state index in [2.05, 4.69) is 44.7 Å². The number of rotatable bonds is 6. The van der Waals surface area contributed by atoms with Crippen molar-refractivity contribution in [2.75, 3.05) is 31.6 Å². The van der Waals surface area contributed by atoms with Crippen LogP contribution in [0.2, 0.25) is 0 Å². The Morgan fingerprint density at radius 2 is 2.16 bits per heavy atom. The van der Waals surface area contributed by atoms with Crippen LogP contribution in [-0.2, 0) is 16.0 Å². The van der Waals surface area contributed by atoms with Gasteiger partial charge in [-0.15, -0.1) is 0 Å². The van der Waals surface area contributed by atoms with Gasteiger partial charge in [-0.2, -0.15) is 5.10 Å². The first kappa shape index (κ1) is 17.6. The Morgan fingerprint density at radius 3 is 2.88 bits per heavy atom. The lowest BCUT2D eigenvalue weighted by atomic mass is 10.1. The zero-order valence-electron chi connectivity index (χ0n) is 14.9. The van der Waals surface area contributed by atoms with Crippen LogP contribution in [0.4, 0.5) is 5.69 Å². The molecule has 0 radical (unpaired) electrons. The van der Waals surface area contributed by atoms with E-state index < -0.39 is 0 Å². The van der Waals surface area contributed by atoms with Crippen molar-refractivity contribution in [2.45, 2.75) is 32.8 Å². The Labute approximate surface area is 148 Å². The van der Waals surface area contributed by atoms with Crippen LogP contribution in [0.5, 0.6) is 0 Å². The number of benzene rings is 1. The molecule has 0 bridgehead atoms. The maximum Gasteiger partial charge on any atom is 0.238 e. The fourth-order valence-corrected chi connectivity index (χ4v) is 3.19. The van der Waals surface area contributed by atoms with E-state index in [0.717, 1.165) is 43.0 Å². The number of aromatic nitrogens is 2. The van der Waals surface area contributed by atoms with Gasteiger partial charge in [-0.05, 0) is 32.3 Å². The van der Waals surface area contributed by atoms with Gasteiger partial charge < -0.3 is 10.1 Å². The Bertz CT molecular complexity index is 679. The SMILES string of the molecule is Cc1n[nH]c(C)c1NC(=O)CN1CCO[C@H](CCc2ccccc2)C1. The second-order valence-corrected chi connectivity index (χ2v) is 6.61. The zero-order chi connectivity index (χ0) is 17.6. The summed E-state index contributed by atoms with van der Waals surface area (Å²) in [6, 6.07) is 10.4. The number of nitrogens with one attached hydrogen (secondary N) is 2. The minimum absolute atomic E-state index is 0.00342. The summed E-state index contributed by atoms with van der Waals surface area (Å²) in [5.74, 6) is -0.00342. The third-order valence-corrected chi connectivity index (χ3v) is 4.58. The van der Waals surface area contributed by atoms with Gasteiger partial charge in [0.1, 0.15) is 0 Å². The van der Waals surface area contributed by atoms with E-state index in [1.165, 1.54) is 5.56 Å². The van der Waals surface area contributed by atoms with Crippen molar-refractivity contribution in [3.63, 3.8) is 0 Å². The summed E-state index contributed by atoms with van der Waals surface area (Å²) >= 11 is 0. The topological polar surface area (TPSA) is 70.2 Å². The standard InChI is InChI=1S/C19H26N4O2/c1-14-19(15(2)22-21-14)20-18(24)13-23-10-11-25-17(12-23)9-8-16-6-4-3-5-7-16/h3-7,17H,8-13H2,1-2H3,(H,20,24)(H,21,22)/t17-/m1/s1. The highest BCUT2D eigenvalue weighted by atomic mass is 16.5. The highest BCUT2D eigenvalue weighted by molar-refractivity contribution is 5.93. The lowest BCUT2D eigenvalue weighted by Gasteiger charge is -2.32. The molecule has 2 heterocycles. The summed E-state index contributed by atoms with van der Waals surface area (Å²) in [4.78, 5) is 14.5. The van der Waals surface area contributed by atoms with Gasteiger partial charge >= 0.3 is 0 Å². The molecule has 25 heavy (non-hydrogen) atoms. The molecule has 134 valence electrons. The average molecular weight is 342 g/mol. The van der Waals surface area contributed by atoms with Crippen molar-refractivity contribution in [3.8, 4) is 0 Å². The third kappa shape index (κ3) is 4.90. The molecule has 1 saturated heterocycles. The Kier molecular flexibility index (Phi) is 5.83. The van der Waals surface area contributed by atoms with Crippen LogP contribution in [0.15, 0.2) is 30.3 Å². The second-order valence-electron chi connectivity index (χ2n) is 6.61. The summed E-state index contributed by atoms with van der Waals surface area (Å²) in [6.07, 6.45) is 2.15. The first-order valence-corrected chi connectivity index (χ1v) is 8.81. The number of aromatic amines is 1. The smallest absolute Gasteiger partial charge is 0.238 e. The van der Waals surface area contributed by atoms with Crippen LogP contribution in [0.3, 0.4) is 0 Å². The molecule has 0 saturated carbocycles. The van der Waals surface area contributed by atoms with E-state index >= 15 is 0 Å². The summed E-state index contributed by atoms with van der Waals surface area (Å²) < 4.78 is 5.87. The molecule has 1 aliphatic rings. The van der Waals surface area contributed by atoms with E-state index in [0.29, 0.717) is 13.2 Å². The van der Waals surface area contributed by atoms with Crippen LogP contribution in [0.1, 0.15) is 23.4 Å². The van der Waals surface area contributed by atoms with Crippen molar-refractivity contribution in [2.24, 2.45) is 0 Å². The molecule has 0 unspecified atom stereocenters. The minimum Gasteiger partial charge on any atom is -0.376 e. The number of hydrogen-bond acceptors (Lipinski definition) is 4. The molecule has 1 atom stereocenters. The second kappa shape index (κ2) is 8.27. The molecule has 1 aromatic carbocycles. The normalized spacial score (nSPS) is 18.2. The molecule has 3 rings (SSSR count). The maximum atomic E-state index is 12.3. The molecular weight excluding hydrogens is 316 g/mol. The van der Waals surface area contributed by atoms with Crippen molar-refractivity contribution >= 4 is 11.6 Å². The minimum atomic E-state index is -0.00342. The number of hydrogen-bond donors (Lipinski definition) is 2. The van der Waals surface area contributed by atoms with Gasteiger partial charge in [0.25, 0.3) is 0 Å². The van der Waals surface area contributed by atoms with Gasteiger partial charge in [-0.1, -0.05) is 30.3 Å². The molecule has 2 aromatic rings. The largest absolute Gasteiger partial charge is 0.376 e. The number of morpholine rings is 1. The van der Waals surface area contributed by atoms with Gasteiger partial charge in [-0.3, -0.25) is 14.8 Å². The molecule has 2 N–H and O–H groups in total. The number of nitrogens with zero attached hydrogens (tertiary/aromatic N) is 2. The molecule has 0 aliphatic carbocycles. The summed E-state index contributed by atoms with van der Waals surface area (Å²) in [5, 5.41) is 9.96. The molecule has 1 aromatic heterocycles. The van der Waals surface area contributed by atoms with Crippen molar-refractivity contribution < 1.29 is 9.53 Å². The van der Waals surface area contributed by atoms with Gasteiger partial charge in [0, 0.05) is 13.1 Å². The first-order valence-electron chi connectivity index (χ1n) is 8.81. The van der Waals surface area contributed by atoms with Crippen LogP contribution in [0, 0.1) is 13.8 Å². The van der Waals surface area contributed by atoms with Crippen LogP contribution in [0.25, 0.3) is 0 Å². The molecule has 1 amide bonds. The maximum absolute atomic E-state index is 12.3. The van der Waals surface area contributed by atoms with E-state index in [9.17, 15) is 4.79 Å². The van der Waals surface area contributed by atoms with Gasteiger partial charge in [0.15, 0.2) is 0 Å². The van der Waals surface area contributed by atoms with Gasteiger partial charge in [0.05, 0.1) is 36.3 Å². The van der Waals surface area contributed by atoms with Crippen LogP contribution < -0.4 is 5.32 Å². The van der Waals surface area contributed by atoms with Gasteiger partial charge in [0.2, 0.25) is 5.91 Å². The van der Waals surface area contributed by atoms with E-state index in [1.54, 1.807) is 0 Å². The van der Waals surface area contributed by atoms with Crippen molar-refractivity contribution in [1.82, 2.24) is 15.1 Å². The number of H-pyrrole nitrogens is 1.